The number of nitrogens with one attached hydrogen (secondary N) is 1. The molecular weight excluding hydrogens is 348 g/mol. The molecule has 1 aromatic heterocycles. The van der Waals surface area contributed by atoms with Crippen molar-refractivity contribution in [2.24, 2.45) is 0 Å². The summed E-state index contributed by atoms with van der Waals surface area (Å²) in [4.78, 5) is 30.5. The van der Waals surface area contributed by atoms with E-state index in [4.69, 9.17) is 0 Å². The highest BCUT2D eigenvalue weighted by atomic mass is 32.1. The van der Waals surface area contributed by atoms with E-state index in [0.29, 0.717) is 5.69 Å². The molecule has 0 bridgehead atoms. The van der Waals surface area contributed by atoms with E-state index in [2.05, 4.69) is 10.3 Å². The van der Waals surface area contributed by atoms with Crippen molar-refractivity contribution in [1.29, 1.82) is 0 Å². The zero-order valence-electron chi connectivity index (χ0n) is 13.8. The van der Waals surface area contributed by atoms with Gasteiger partial charge in [0.2, 0.25) is 0 Å². The molecule has 0 unspecified atom stereocenters. The van der Waals surface area contributed by atoms with Crippen molar-refractivity contribution in [2.45, 2.75) is 38.8 Å². The van der Waals surface area contributed by atoms with Gasteiger partial charge in [-0.2, -0.15) is 0 Å². The Morgan fingerprint density at radius 3 is 2.72 bits per heavy atom. The maximum absolute atomic E-state index is 13.5. The first-order valence-corrected chi connectivity index (χ1v) is 8.76. The van der Waals surface area contributed by atoms with E-state index < -0.39 is 29.1 Å². The van der Waals surface area contributed by atoms with Crippen LogP contribution in [0.25, 0.3) is 0 Å². The SMILES string of the molecule is CCCc1nc(CN2C(=O)N[C@@](C)(c3ccc(F)c(F)c3)C2=O)cs1. The van der Waals surface area contributed by atoms with Crippen LogP contribution in [0.15, 0.2) is 23.6 Å². The maximum atomic E-state index is 13.5. The van der Waals surface area contributed by atoms with Gasteiger partial charge in [-0.25, -0.2) is 18.6 Å². The van der Waals surface area contributed by atoms with Crippen molar-refractivity contribution < 1.29 is 18.4 Å². The second kappa shape index (κ2) is 6.51. The minimum atomic E-state index is -1.44. The number of aryl methyl sites for hydroxylation is 1. The van der Waals surface area contributed by atoms with Crippen LogP contribution in [0, 0.1) is 11.6 Å². The summed E-state index contributed by atoms with van der Waals surface area (Å²) in [5, 5.41) is 5.34. The molecule has 0 aliphatic carbocycles. The molecule has 8 heteroatoms. The number of aromatic nitrogens is 1. The lowest BCUT2D eigenvalue weighted by Crippen LogP contribution is -2.41. The molecule has 1 aliphatic rings. The highest BCUT2D eigenvalue weighted by Crippen LogP contribution is 2.30. The molecule has 2 heterocycles. The van der Waals surface area contributed by atoms with Gasteiger partial charge in [0.05, 0.1) is 17.2 Å². The third-order valence-electron chi connectivity index (χ3n) is 4.16. The van der Waals surface area contributed by atoms with Crippen molar-refractivity contribution in [3.05, 3.63) is 51.5 Å². The third kappa shape index (κ3) is 3.13. The summed E-state index contributed by atoms with van der Waals surface area (Å²) in [7, 11) is 0. The van der Waals surface area contributed by atoms with Gasteiger partial charge < -0.3 is 5.32 Å². The topological polar surface area (TPSA) is 62.3 Å². The molecule has 3 rings (SSSR count). The molecular formula is C17H17F2N3O2S. The Kier molecular flexibility index (Phi) is 4.55. The molecule has 1 aliphatic heterocycles. The molecule has 5 nitrogen and oxygen atoms in total. The van der Waals surface area contributed by atoms with Gasteiger partial charge in [0.15, 0.2) is 11.6 Å². The number of thiazole rings is 1. The number of carbonyl (C=O) groups is 2. The molecule has 1 aromatic carbocycles. The highest BCUT2D eigenvalue weighted by molar-refractivity contribution is 7.09. The first-order valence-electron chi connectivity index (χ1n) is 7.88. The molecule has 1 fully saturated rings. The van der Waals surface area contributed by atoms with Crippen LogP contribution < -0.4 is 5.32 Å². The molecule has 0 spiro atoms. The van der Waals surface area contributed by atoms with Crippen LogP contribution in [-0.2, 0) is 23.3 Å². The number of halogens is 2. The fourth-order valence-corrected chi connectivity index (χ4v) is 3.65. The van der Waals surface area contributed by atoms with E-state index in [9.17, 15) is 18.4 Å². The molecule has 1 N–H and O–H groups in total. The molecule has 1 saturated heterocycles. The summed E-state index contributed by atoms with van der Waals surface area (Å²) in [5.41, 5.74) is -0.614. The summed E-state index contributed by atoms with van der Waals surface area (Å²) in [6, 6.07) is 2.58. The van der Waals surface area contributed by atoms with E-state index in [1.165, 1.54) is 24.3 Å². The number of amides is 3. The summed E-state index contributed by atoms with van der Waals surface area (Å²) in [6.45, 7) is 3.57. The first-order chi connectivity index (χ1) is 11.8. The molecule has 0 saturated carbocycles. The molecule has 0 radical (unpaired) electrons. The second-order valence-electron chi connectivity index (χ2n) is 6.06. The van der Waals surface area contributed by atoms with E-state index >= 15 is 0 Å². The van der Waals surface area contributed by atoms with Gasteiger partial charge in [-0.15, -0.1) is 11.3 Å². The van der Waals surface area contributed by atoms with Gasteiger partial charge in [0, 0.05) is 5.38 Å². The Morgan fingerprint density at radius 2 is 2.04 bits per heavy atom. The molecule has 3 amide bonds. The van der Waals surface area contributed by atoms with Crippen LogP contribution in [0.5, 0.6) is 0 Å². The van der Waals surface area contributed by atoms with Crippen LogP contribution in [0.2, 0.25) is 0 Å². The normalized spacial score (nSPS) is 20.2. The fourth-order valence-electron chi connectivity index (χ4n) is 2.76. The van der Waals surface area contributed by atoms with Crippen LogP contribution in [-0.4, -0.2) is 21.8 Å². The standard InChI is InChI=1S/C17H17F2N3O2S/c1-3-4-14-20-11(9-25-14)8-22-15(23)17(2,21-16(22)24)10-5-6-12(18)13(19)7-10/h5-7,9H,3-4,8H2,1-2H3,(H,21,24)/t17-/m0/s1. The lowest BCUT2D eigenvalue weighted by atomic mass is 9.92. The van der Waals surface area contributed by atoms with E-state index in [0.717, 1.165) is 34.9 Å². The third-order valence-corrected chi connectivity index (χ3v) is 5.11. The van der Waals surface area contributed by atoms with Gasteiger partial charge >= 0.3 is 6.03 Å². The van der Waals surface area contributed by atoms with E-state index in [1.54, 1.807) is 0 Å². The molecule has 132 valence electrons. The first kappa shape index (κ1) is 17.5. The Morgan fingerprint density at radius 1 is 1.28 bits per heavy atom. The fraction of sp³-hybridized carbons (Fsp3) is 0.353. The summed E-state index contributed by atoms with van der Waals surface area (Å²) < 4.78 is 26.7. The maximum Gasteiger partial charge on any atom is 0.325 e. The average Bonchev–Trinajstić information content (AvgIpc) is 3.09. The van der Waals surface area contributed by atoms with Gasteiger partial charge in [-0.3, -0.25) is 9.69 Å². The van der Waals surface area contributed by atoms with Crippen molar-refractivity contribution >= 4 is 23.3 Å². The van der Waals surface area contributed by atoms with Crippen molar-refractivity contribution in [1.82, 2.24) is 15.2 Å². The zero-order chi connectivity index (χ0) is 18.2. The van der Waals surface area contributed by atoms with Gasteiger partial charge in [-0.1, -0.05) is 13.0 Å². The number of imide groups is 1. The van der Waals surface area contributed by atoms with Crippen LogP contribution >= 0.6 is 11.3 Å². The number of nitrogens with zero attached hydrogens (tertiary/aromatic N) is 2. The van der Waals surface area contributed by atoms with Crippen molar-refractivity contribution in [3.8, 4) is 0 Å². The van der Waals surface area contributed by atoms with Gasteiger partial charge in [0.1, 0.15) is 5.54 Å². The molecule has 2 aromatic rings. The number of urea groups is 1. The summed E-state index contributed by atoms with van der Waals surface area (Å²) in [6.07, 6.45) is 1.81. The predicted molar refractivity (Wildman–Crippen MR) is 88.9 cm³/mol. The zero-order valence-corrected chi connectivity index (χ0v) is 14.6. The lowest BCUT2D eigenvalue weighted by molar-refractivity contribution is -0.131. The predicted octanol–water partition coefficient (Wildman–Crippen LogP) is 3.34. The Hall–Kier alpha value is -2.35. The summed E-state index contributed by atoms with van der Waals surface area (Å²) >= 11 is 1.49. The lowest BCUT2D eigenvalue weighted by Gasteiger charge is -2.22. The van der Waals surface area contributed by atoms with Gasteiger partial charge in [-0.05, 0) is 37.5 Å². The highest BCUT2D eigenvalue weighted by Gasteiger charge is 2.49. The summed E-state index contributed by atoms with van der Waals surface area (Å²) in [5.74, 6) is -2.59. The van der Waals surface area contributed by atoms with E-state index in [-0.39, 0.29) is 12.1 Å². The Bertz CT molecular complexity index is 839. The second-order valence-corrected chi connectivity index (χ2v) is 7.00. The van der Waals surface area contributed by atoms with Crippen LogP contribution in [0.4, 0.5) is 13.6 Å². The number of hydrogen-bond acceptors (Lipinski definition) is 4. The Balaban J connectivity index is 1.84. The van der Waals surface area contributed by atoms with Crippen molar-refractivity contribution in [2.75, 3.05) is 0 Å². The van der Waals surface area contributed by atoms with Crippen LogP contribution in [0.3, 0.4) is 0 Å². The number of carbonyl (C=O) groups excluding carboxylic acids is 2. The van der Waals surface area contributed by atoms with Crippen molar-refractivity contribution in [3.63, 3.8) is 0 Å². The minimum Gasteiger partial charge on any atom is -0.319 e. The smallest absolute Gasteiger partial charge is 0.319 e. The van der Waals surface area contributed by atoms with Gasteiger partial charge in [0.25, 0.3) is 5.91 Å². The molecule has 25 heavy (non-hydrogen) atoms. The largest absolute Gasteiger partial charge is 0.325 e. The monoisotopic (exact) mass is 365 g/mol. The number of rotatable bonds is 5. The Labute approximate surface area is 147 Å². The quantitative estimate of drug-likeness (QED) is 0.827. The van der Waals surface area contributed by atoms with E-state index in [1.807, 2.05) is 12.3 Å². The van der Waals surface area contributed by atoms with Crippen LogP contribution in [0.1, 0.15) is 36.5 Å². The number of benzene rings is 1. The average molecular weight is 365 g/mol. The number of hydrogen-bond donors (Lipinski definition) is 1. The molecule has 1 atom stereocenters. The minimum absolute atomic E-state index is 0.0458.